The number of hydrogen-bond acceptors (Lipinski definition) is 4. The number of nitrogens with zero attached hydrogens (tertiary/aromatic N) is 1. The number of anilines is 1. The number of fused-ring (bicyclic) bond motifs is 2. The summed E-state index contributed by atoms with van der Waals surface area (Å²) in [6, 6.07) is 16.8. The van der Waals surface area contributed by atoms with Gasteiger partial charge in [-0.15, -0.1) is 0 Å². The fourth-order valence-corrected chi connectivity index (χ4v) is 5.16. The Morgan fingerprint density at radius 2 is 1.69 bits per heavy atom. The zero-order valence-corrected chi connectivity index (χ0v) is 20.2. The predicted molar refractivity (Wildman–Crippen MR) is 125 cm³/mol. The van der Waals surface area contributed by atoms with E-state index in [1.807, 2.05) is 48.5 Å². The second-order valence-electron chi connectivity index (χ2n) is 9.42. The summed E-state index contributed by atoms with van der Waals surface area (Å²) in [5, 5.41) is 12.4. The van der Waals surface area contributed by atoms with Crippen LogP contribution in [0.4, 0.5) is 23.7 Å². The topological polar surface area (TPSA) is 78.5 Å². The molecule has 2 bridgehead atoms. The second-order valence-corrected chi connectivity index (χ2v) is 9.85. The van der Waals surface area contributed by atoms with Gasteiger partial charge in [-0.2, -0.15) is 13.2 Å². The van der Waals surface area contributed by atoms with Crippen LogP contribution in [0.5, 0.6) is 0 Å². The average molecular weight is 513 g/mol. The molecule has 0 aromatic heterocycles. The molecule has 2 saturated heterocycles. The van der Waals surface area contributed by atoms with Crippen LogP contribution in [0.2, 0.25) is 5.02 Å². The summed E-state index contributed by atoms with van der Waals surface area (Å²) >= 11 is 6.12. The van der Waals surface area contributed by atoms with Gasteiger partial charge in [0, 0.05) is 42.2 Å². The number of benzene rings is 2. The third-order valence-electron chi connectivity index (χ3n) is 6.91. The van der Waals surface area contributed by atoms with Gasteiger partial charge in [-0.05, 0) is 23.8 Å². The van der Waals surface area contributed by atoms with Crippen LogP contribution in [0, 0.1) is 5.92 Å². The number of hydrogen-bond donors (Lipinski definition) is 1. The first-order valence-corrected chi connectivity index (χ1v) is 11.7. The Bertz CT molecular complexity index is 1050. The Morgan fingerprint density at radius 3 is 2.26 bits per heavy atom. The highest BCUT2D eigenvalue weighted by atomic mass is 35.5. The SMILES string of the molecule is C[N+]1(C)C2CCC1CC(COC(=O)Nc1ccccc1-c1cccc(Cl)c1)C2.O=C([O-])C(F)(F)F. The molecule has 0 radical (unpaired) electrons. The molecular weight excluding hydrogens is 485 g/mol. The van der Waals surface area contributed by atoms with Gasteiger partial charge in [-0.1, -0.05) is 41.9 Å². The zero-order valence-electron chi connectivity index (χ0n) is 19.5. The number of nitrogens with one attached hydrogen (secondary N) is 1. The number of aliphatic carboxylic acids is 1. The van der Waals surface area contributed by atoms with Crippen molar-refractivity contribution in [1.29, 1.82) is 0 Å². The van der Waals surface area contributed by atoms with Crippen molar-refractivity contribution < 1.29 is 37.1 Å². The molecule has 2 aromatic carbocycles. The number of ether oxygens (including phenoxy) is 1. The van der Waals surface area contributed by atoms with E-state index in [1.54, 1.807) is 0 Å². The molecule has 0 spiro atoms. The molecule has 35 heavy (non-hydrogen) atoms. The number of halogens is 4. The highest BCUT2D eigenvalue weighted by Gasteiger charge is 2.48. The summed E-state index contributed by atoms with van der Waals surface area (Å²) in [4.78, 5) is 21.2. The van der Waals surface area contributed by atoms with Crippen molar-refractivity contribution in [3.63, 3.8) is 0 Å². The number of amides is 1. The van der Waals surface area contributed by atoms with Crippen molar-refractivity contribution in [2.24, 2.45) is 5.92 Å². The van der Waals surface area contributed by atoms with Gasteiger partial charge in [-0.25, -0.2) is 4.79 Å². The van der Waals surface area contributed by atoms with Gasteiger partial charge in [-0.3, -0.25) is 5.32 Å². The molecule has 2 unspecified atom stereocenters. The van der Waals surface area contributed by atoms with Gasteiger partial charge in [0.05, 0.1) is 38.5 Å². The molecule has 2 aliphatic rings. The highest BCUT2D eigenvalue weighted by molar-refractivity contribution is 6.30. The predicted octanol–water partition coefficient (Wildman–Crippen LogP) is 4.87. The van der Waals surface area contributed by atoms with E-state index in [9.17, 15) is 18.0 Å². The maximum atomic E-state index is 12.4. The van der Waals surface area contributed by atoms with Gasteiger partial charge in [0.25, 0.3) is 0 Å². The van der Waals surface area contributed by atoms with Crippen LogP contribution < -0.4 is 10.4 Å². The van der Waals surface area contributed by atoms with Crippen LogP contribution in [0.15, 0.2) is 48.5 Å². The molecule has 1 N–H and O–H groups in total. The lowest BCUT2D eigenvalue weighted by Gasteiger charge is -2.44. The smallest absolute Gasteiger partial charge is 0.430 e. The fraction of sp³-hybridized carbons (Fsp3) is 0.440. The van der Waals surface area contributed by atoms with E-state index in [-0.39, 0.29) is 6.09 Å². The summed E-state index contributed by atoms with van der Waals surface area (Å²) in [5.41, 5.74) is 2.63. The number of carboxylic acids is 1. The van der Waals surface area contributed by atoms with Crippen LogP contribution in [0.25, 0.3) is 11.1 Å². The van der Waals surface area contributed by atoms with Gasteiger partial charge in [0.2, 0.25) is 0 Å². The van der Waals surface area contributed by atoms with Crippen LogP contribution in [0.3, 0.4) is 0 Å². The van der Waals surface area contributed by atoms with Gasteiger partial charge < -0.3 is 19.1 Å². The molecule has 4 rings (SSSR count). The molecule has 6 nitrogen and oxygen atoms in total. The lowest BCUT2D eigenvalue weighted by Crippen LogP contribution is -2.55. The third-order valence-corrected chi connectivity index (χ3v) is 7.14. The number of quaternary nitrogens is 1. The highest BCUT2D eigenvalue weighted by Crippen LogP contribution is 2.42. The number of alkyl halides is 3. The number of rotatable bonds is 4. The van der Waals surface area contributed by atoms with Crippen LogP contribution >= 0.6 is 11.6 Å². The number of piperidine rings is 1. The molecule has 2 aliphatic heterocycles. The van der Waals surface area contributed by atoms with E-state index >= 15 is 0 Å². The van der Waals surface area contributed by atoms with Crippen molar-refractivity contribution in [1.82, 2.24) is 0 Å². The van der Waals surface area contributed by atoms with Crippen molar-refractivity contribution in [3.05, 3.63) is 53.6 Å². The first kappa shape index (κ1) is 26.8. The van der Waals surface area contributed by atoms with E-state index < -0.39 is 12.1 Å². The maximum Gasteiger partial charge on any atom is 0.430 e. The second kappa shape index (κ2) is 10.9. The number of para-hydroxylation sites is 1. The Morgan fingerprint density at radius 1 is 1.09 bits per heavy atom. The zero-order chi connectivity index (χ0) is 25.8. The van der Waals surface area contributed by atoms with Gasteiger partial charge in [0.15, 0.2) is 0 Å². The minimum atomic E-state index is -5.19. The van der Waals surface area contributed by atoms with Crippen LogP contribution in [0.1, 0.15) is 25.7 Å². The average Bonchev–Trinajstić information content (AvgIpc) is 2.94. The Balaban J connectivity index is 0.000000429. The summed E-state index contributed by atoms with van der Waals surface area (Å²) in [6.45, 7) is 0.498. The molecule has 0 aliphatic carbocycles. The summed E-state index contributed by atoms with van der Waals surface area (Å²) in [7, 11) is 4.69. The molecule has 190 valence electrons. The normalized spacial score (nSPS) is 22.5. The maximum absolute atomic E-state index is 12.4. The van der Waals surface area contributed by atoms with Crippen molar-refractivity contribution in [2.45, 2.75) is 43.9 Å². The Labute approximate surface area is 207 Å². The third kappa shape index (κ3) is 6.89. The fourth-order valence-electron chi connectivity index (χ4n) is 4.97. The number of carbonyl (C=O) groups is 2. The van der Waals surface area contributed by atoms with Gasteiger partial charge >= 0.3 is 12.3 Å². The first-order valence-electron chi connectivity index (χ1n) is 11.3. The van der Waals surface area contributed by atoms with E-state index in [2.05, 4.69) is 19.4 Å². The van der Waals surface area contributed by atoms with Crippen LogP contribution in [-0.2, 0) is 9.53 Å². The van der Waals surface area contributed by atoms with Crippen molar-refractivity contribution >= 4 is 29.4 Å². The lowest BCUT2D eigenvalue weighted by atomic mass is 9.90. The summed E-state index contributed by atoms with van der Waals surface area (Å²) in [6.07, 6.45) is -0.687. The molecule has 2 fully saturated rings. The molecule has 1 amide bonds. The molecule has 2 atom stereocenters. The molecule has 0 saturated carbocycles. The largest absolute Gasteiger partial charge is 0.542 e. The lowest BCUT2D eigenvalue weighted by molar-refractivity contribution is -0.931. The summed E-state index contributed by atoms with van der Waals surface area (Å²) < 4.78 is 38.3. The minimum absolute atomic E-state index is 0.388. The minimum Gasteiger partial charge on any atom is -0.542 e. The van der Waals surface area contributed by atoms with E-state index in [1.165, 1.54) is 12.8 Å². The molecule has 10 heteroatoms. The van der Waals surface area contributed by atoms with Crippen molar-refractivity contribution in [3.8, 4) is 11.1 Å². The van der Waals surface area contributed by atoms with E-state index in [4.69, 9.17) is 26.2 Å². The standard InChI is InChI=1S/C23H27ClN2O2.C2HF3O2/c1-26(2)19-10-11-20(26)13-16(12-19)15-28-23(27)25-22-9-4-3-8-21(22)17-6-5-7-18(24)14-17;3-2(4,5)1(6)7/h3-9,14,16,19-20H,10-13,15H2,1-2H3;(H,6,7). The molecule has 2 aromatic rings. The summed E-state index contributed by atoms with van der Waals surface area (Å²) in [5.74, 6) is -2.54. The quantitative estimate of drug-likeness (QED) is 0.593. The molecule has 2 heterocycles. The van der Waals surface area contributed by atoms with Crippen molar-refractivity contribution in [2.75, 3.05) is 26.0 Å². The number of carboxylic acid groups (broad SMARTS) is 1. The van der Waals surface area contributed by atoms with Gasteiger partial charge in [0.1, 0.15) is 5.97 Å². The number of carbonyl (C=O) groups excluding carboxylic acids is 2. The van der Waals surface area contributed by atoms with Crippen LogP contribution in [-0.4, -0.2) is 55.5 Å². The van der Waals surface area contributed by atoms with E-state index in [0.29, 0.717) is 29.6 Å². The Kier molecular flexibility index (Phi) is 8.33. The Hall–Kier alpha value is -2.78. The first-order chi connectivity index (χ1) is 16.4. The van der Waals surface area contributed by atoms with E-state index in [0.717, 1.165) is 34.1 Å². The molecular formula is C25H28ClF3N2O4. The monoisotopic (exact) mass is 512 g/mol.